The summed E-state index contributed by atoms with van der Waals surface area (Å²) in [6.45, 7) is 10.2. The van der Waals surface area contributed by atoms with Crippen LogP contribution in [0.3, 0.4) is 0 Å². The lowest BCUT2D eigenvalue weighted by molar-refractivity contribution is 0.383. The van der Waals surface area contributed by atoms with Crippen molar-refractivity contribution in [3.63, 3.8) is 0 Å². The highest BCUT2D eigenvalue weighted by Gasteiger charge is 2.18. The minimum atomic E-state index is -0.213. The molecule has 0 atom stereocenters. The van der Waals surface area contributed by atoms with E-state index in [0.717, 1.165) is 35.5 Å². The molecule has 0 aliphatic heterocycles. The normalized spacial score (nSPS) is 12.3. The van der Waals surface area contributed by atoms with Crippen molar-refractivity contribution >= 4 is 17.7 Å². The number of nitrogens with one attached hydrogen (secondary N) is 2. The van der Waals surface area contributed by atoms with Gasteiger partial charge in [-0.05, 0) is 31.2 Å². The van der Waals surface area contributed by atoms with Crippen molar-refractivity contribution in [2.75, 3.05) is 18.8 Å². The molecule has 2 rings (SSSR count). The van der Waals surface area contributed by atoms with E-state index in [4.69, 9.17) is 4.42 Å². The van der Waals surface area contributed by atoms with Crippen LogP contribution in [0.15, 0.2) is 44.8 Å². The van der Waals surface area contributed by atoms with Crippen molar-refractivity contribution < 1.29 is 8.81 Å². The van der Waals surface area contributed by atoms with Crippen LogP contribution in [-0.4, -0.2) is 29.8 Å². The van der Waals surface area contributed by atoms with Crippen LogP contribution in [0, 0.1) is 5.82 Å². The summed E-state index contributed by atoms with van der Waals surface area (Å²) in [7, 11) is 0. The molecule has 0 aliphatic rings. The Bertz CT molecular complexity index is 707. The smallest absolute Gasteiger partial charge is 0.216 e. The lowest BCUT2D eigenvalue weighted by Crippen LogP contribution is -2.38. The zero-order valence-corrected chi connectivity index (χ0v) is 16.6. The largest absolute Gasteiger partial charge is 0.443 e. The van der Waals surface area contributed by atoms with Gasteiger partial charge in [0.25, 0.3) is 0 Å². The second kappa shape index (κ2) is 9.62. The molecule has 0 saturated carbocycles. The molecule has 142 valence electrons. The Hall–Kier alpha value is -2.02. The van der Waals surface area contributed by atoms with Gasteiger partial charge in [-0.25, -0.2) is 14.4 Å². The quantitative estimate of drug-likeness (QED) is 0.330. The lowest BCUT2D eigenvalue weighted by atomic mass is 9.94. The number of thioether (sulfide) groups is 1. The number of hydrogen-bond donors (Lipinski definition) is 2. The second-order valence-electron chi connectivity index (χ2n) is 6.79. The van der Waals surface area contributed by atoms with Crippen molar-refractivity contribution in [3.05, 3.63) is 47.9 Å². The van der Waals surface area contributed by atoms with Gasteiger partial charge in [0.2, 0.25) is 5.89 Å². The Morgan fingerprint density at radius 1 is 1.23 bits per heavy atom. The van der Waals surface area contributed by atoms with Gasteiger partial charge < -0.3 is 15.1 Å². The Morgan fingerprint density at radius 3 is 2.58 bits per heavy atom. The molecule has 2 aromatic rings. The molecule has 0 amide bonds. The molecule has 5 nitrogen and oxygen atoms in total. The second-order valence-corrected chi connectivity index (χ2v) is 7.96. The van der Waals surface area contributed by atoms with Crippen LogP contribution in [0.5, 0.6) is 0 Å². The van der Waals surface area contributed by atoms with Crippen LogP contribution < -0.4 is 10.6 Å². The van der Waals surface area contributed by atoms with Crippen molar-refractivity contribution in [1.29, 1.82) is 0 Å². The monoisotopic (exact) mass is 378 g/mol. The maximum Gasteiger partial charge on any atom is 0.216 e. The molecule has 0 aliphatic carbocycles. The van der Waals surface area contributed by atoms with E-state index in [2.05, 4.69) is 41.4 Å². The predicted octanol–water partition coefficient (Wildman–Crippen LogP) is 3.96. The standard InChI is InChI=1S/C19H27FN4OS/c1-5-21-18(22-10-11-26-15-8-6-14(20)7-9-15)24-13-17-23-12-16(25-17)19(2,3)4/h6-9,12H,5,10-11,13H2,1-4H3,(H2,21,22,24). The van der Waals surface area contributed by atoms with Gasteiger partial charge in [-0.15, -0.1) is 11.8 Å². The minimum absolute atomic E-state index is 0.0602. The molecule has 26 heavy (non-hydrogen) atoms. The van der Waals surface area contributed by atoms with Crippen LogP contribution in [0.25, 0.3) is 0 Å². The van der Waals surface area contributed by atoms with Crippen LogP contribution in [0.4, 0.5) is 4.39 Å². The summed E-state index contributed by atoms with van der Waals surface area (Å²) in [6, 6.07) is 6.52. The third kappa shape index (κ3) is 6.71. The van der Waals surface area contributed by atoms with Gasteiger partial charge in [0.05, 0.1) is 6.20 Å². The Balaban J connectivity index is 1.82. The van der Waals surface area contributed by atoms with E-state index >= 15 is 0 Å². The molecule has 0 fully saturated rings. The summed E-state index contributed by atoms with van der Waals surface area (Å²) >= 11 is 1.67. The molecule has 1 aromatic heterocycles. The van der Waals surface area contributed by atoms with Gasteiger partial charge in [0, 0.05) is 29.2 Å². The van der Waals surface area contributed by atoms with Gasteiger partial charge >= 0.3 is 0 Å². The molecule has 0 bridgehead atoms. The van der Waals surface area contributed by atoms with Gasteiger partial charge in [-0.1, -0.05) is 20.8 Å². The molecule has 0 spiro atoms. The summed E-state index contributed by atoms with van der Waals surface area (Å²) in [5.41, 5.74) is -0.0602. The van der Waals surface area contributed by atoms with E-state index in [1.165, 1.54) is 12.1 Å². The SMILES string of the molecule is CCNC(=NCc1ncc(C(C)(C)C)o1)NCCSc1ccc(F)cc1. The maximum atomic E-state index is 12.9. The highest BCUT2D eigenvalue weighted by atomic mass is 32.2. The fourth-order valence-corrected chi connectivity index (χ4v) is 2.86. The summed E-state index contributed by atoms with van der Waals surface area (Å²) < 4.78 is 18.7. The van der Waals surface area contributed by atoms with Gasteiger partial charge in [0.15, 0.2) is 5.96 Å². The fourth-order valence-electron chi connectivity index (χ4n) is 2.09. The Labute approximate surface area is 158 Å². The van der Waals surface area contributed by atoms with E-state index in [1.807, 2.05) is 6.92 Å². The first-order valence-corrected chi connectivity index (χ1v) is 9.73. The third-order valence-electron chi connectivity index (χ3n) is 3.49. The first kappa shape index (κ1) is 20.3. The summed E-state index contributed by atoms with van der Waals surface area (Å²) in [5, 5.41) is 6.49. The van der Waals surface area contributed by atoms with Crippen molar-refractivity contribution in [2.45, 2.75) is 44.6 Å². The molecule has 2 N–H and O–H groups in total. The van der Waals surface area contributed by atoms with Crippen LogP contribution >= 0.6 is 11.8 Å². The zero-order chi connectivity index (χ0) is 19.0. The number of guanidine groups is 1. The maximum absolute atomic E-state index is 12.9. The van der Waals surface area contributed by atoms with Gasteiger partial charge in [-0.3, -0.25) is 0 Å². The first-order chi connectivity index (χ1) is 12.4. The minimum Gasteiger partial charge on any atom is -0.443 e. The van der Waals surface area contributed by atoms with E-state index in [-0.39, 0.29) is 11.2 Å². The molecular formula is C19H27FN4OS. The third-order valence-corrected chi connectivity index (χ3v) is 4.50. The molecule has 0 saturated heterocycles. The summed E-state index contributed by atoms with van der Waals surface area (Å²) in [5.74, 6) is 2.82. The molecule has 0 radical (unpaired) electrons. The molecule has 0 unspecified atom stereocenters. The molecule has 7 heteroatoms. The van der Waals surface area contributed by atoms with E-state index < -0.39 is 0 Å². The molecular weight excluding hydrogens is 351 g/mol. The van der Waals surface area contributed by atoms with Gasteiger partial charge in [-0.2, -0.15) is 0 Å². The Kier molecular flexibility index (Phi) is 7.50. The topological polar surface area (TPSA) is 62.5 Å². The zero-order valence-electron chi connectivity index (χ0n) is 15.8. The highest BCUT2D eigenvalue weighted by Crippen LogP contribution is 2.22. The van der Waals surface area contributed by atoms with Crippen LogP contribution in [-0.2, 0) is 12.0 Å². The number of halogens is 1. The number of rotatable bonds is 7. The molecule has 1 heterocycles. The van der Waals surface area contributed by atoms with Crippen LogP contribution in [0.1, 0.15) is 39.3 Å². The van der Waals surface area contributed by atoms with E-state index in [9.17, 15) is 4.39 Å². The number of oxazole rings is 1. The number of aromatic nitrogens is 1. The summed E-state index contributed by atoms with van der Waals surface area (Å²) in [6.07, 6.45) is 1.77. The van der Waals surface area contributed by atoms with E-state index in [1.54, 1.807) is 30.1 Å². The van der Waals surface area contributed by atoms with Crippen molar-refractivity contribution in [2.24, 2.45) is 4.99 Å². The van der Waals surface area contributed by atoms with Crippen molar-refractivity contribution in [3.8, 4) is 0 Å². The van der Waals surface area contributed by atoms with Gasteiger partial charge in [0.1, 0.15) is 18.1 Å². The average Bonchev–Trinajstić information content (AvgIpc) is 3.07. The number of hydrogen-bond acceptors (Lipinski definition) is 4. The first-order valence-electron chi connectivity index (χ1n) is 8.74. The van der Waals surface area contributed by atoms with Crippen molar-refractivity contribution in [1.82, 2.24) is 15.6 Å². The number of benzene rings is 1. The van der Waals surface area contributed by atoms with Crippen LogP contribution in [0.2, 0.25) is 0 Å². The fraction of sp³-hybridized carbons (Fsp3) is 0.474. The Morgan fingerprint density at radius 2 is 1.96 bits per heavy atom. The summed E-state index contributed by atoms with van der Waals surface area (Å²) in [4.78, 5) is 9.85. The molecule has 1 aromatic carbocycles. The number of aliphatic imine (C=N–C) groups is 1. The van der Waals surface area contributed by atoms with E-state index in [0.29, 0.717) is 12.4 Å². The number of nitrogens with zero attached hydrogens (tertiary/aromatic N) is 2. The lowest BCUT2D eigenvalue weighted by Gasteiger charge is -2.13. The predicted molar refractivity (Wildman–Crippen MR) is 105 cm³/mol. The average molecular weight is 379 g/mol. The highest BCUT2D eigenvalue weighted by molar-refractivity contribution is 7.99.